The summed E-state index contributed by atoms with van der Waals surface area (Å²) < 4.78 is 21.5. The van der Waals surface area contributed by atoms with Gasteiger partial charge in [0.15, 0.2) is 5.69 Å². The van der Waals surface area contributed by atoms with Crippen molar-refractivity contribution >= 4 is 5.91 Å². The van der Waals surface area contributed by atoms with E-state index in [1.54, 1.807) is 25.5 Å². The molecule has 1 amide bonds. The molecule has 3 aromatic rings. The van der Waals surface area contributed by atoms with Gasteiger partial charge in [-0.3, -0.25) is 14.6 Å². The summed E-state index contributed by atoms with van der Waals surface area (Å²) in [5, 5.41) is 13.1. The number of aliphatic hydroxyl groups is 1. The second-order valence-electron chi connectivity index (χ2n) is 8.11. The van der Waals surface area contributed by atoms with Crippen LogP contribution in [0.25, 0.3) is 0 Å². The van der Waals surface area contributed by atoms with Crippen molar-refractivity contribution in [2.45, 2.75) is 19.2 Å². The van der Waals surface area contributed by atoms with Crippen LogP contribution in [0.5, 0.6) is 11.5 Å². The molecule has 2 N–H and O–H groups in total. The smallest absolute Gasteiger partial charge is 0.273 e. The van der Waals surface area contributed by atoms with Gasteiger partial charge < -0.3 is 28.7 Å². The lowest BCUT2D eigenvalue weighted by atomic mass is 10.2. The lowest BCUT2D eigenvalue weighted by Gasteiger charge is -2.34. The second-order valence-corrected chi connectivity index (χ2v) is 8.11. The number of benzene rings is 1. The van der Waals surface area contributed by atoms with Crippen LogP contribution in [0, 0.1) is 0 Å². The zero-order valence-electron chi connectivity index (χ0n) is 19.2. The molecular weight excluding hydrogens is 440 g/mol. The number of nitrogens with one attached hydrogen (secondary N) is 1. The predicted molar refractivity (Wildman–Crippen MR) is 123 cm³/mol. The van der Waals surface area contributed by atoms with Crippen LogP contribution in [0.3, 0.4) is 0 Å². The number of carbonyl (C=O) groups is 1. The molecular formula is C24H30N4O6. The number of amides is 1. The number of hydrogen-bond donors (Lipinski definition) is 2. The Bertz CT molecular complexity index is 1010. The number of rotatable bonds is 11. The number of methoxy groups -OCH3 is 1. The molecule has 1 unspecified atom stereocenters. The number of carbonyl (C=O) groups excluding carboxylic acids is 1. The Hall–Kier alpha value is -3.34. The number of ether oxygens (including phenoxy) is 2. The molecule has 1 atom stereocenters. The number of oxazole rings is 1. The maximum absolute atomic E-state index is 12.2. The minimum atomic E-state index is -0.581. The SMILES string of the molecule is COc1ccc(OCC(O)CN2CCN(Cc3nc(C(=O)NCc4ccco4)co3)CC2)cc1. The fraction of sp³-hybridized carbons (Fsp3) is 0.417. The molecule has 0 saturated carbocycles. The average Bonchev–Trinajstić information content (AvgIpc) is 3.55. The van der Waals surface area contributed by atoms with Crippen molar-refractivity contribution < 1.29 is 28.2 Å². The van der Waals surface area contributed by atoms with E-state index in [9.17, 15) is 9.90 Å². The van der Waals surface area contributed by atoms with E-state index >= 15 is 0 Å². The Balaban J connectivity index is 1.14. The zero-order chi connectivity index (χ0) is 23.8. The molecule has 2 aromatic heterocycles. The lowest BCUT2D eigenvalue weighted by Crippen LogP contribution is -2.48. The molecule has 10 heteroatoms. The number of aliphatic hydroxyl groups excluding tert-OH is 1. The first-order valence-corrected chi connectivity index (χ1v) is 11.2. The highest BCUT2D eigenvalue weighted by molar-refractivity contribution is 5.91. The van der Waals surface area contributed by atoms with Gasteiger partial charge in [-0.25, -0.2) is 4.98 Å². The quantitative estimate of drug-likeness (QED) is 0.433. The third-order valence-corrected chi connectivity index (χ3v) is 5.58. The molecule has 1 saturated heterocycles. The summed E-state index contributed by atoms with van der Waals surface area (Å²) in [5.41, 5.74) is 0.250. The molecule has 4 rings (SSSR count). The van der Waals surface area contributed by atoms with E-state index in [0.717, 1.165) is 31.9 Å². The van der Waals surface area contributed by atoms with Gasteiger partial charge in [0.1, 0.15) is 36.2 Å². The minimum absolute atomic E-state index is 0.230. The van der Waals surface area contributed by atoms with Crippen LogP contribution in [0.4, 0.5) is 0 Å². The maximum Gasteiger partial charge on any atom is 0.273 e. The van der Waals surface area contributed by atoms with Gasteiger partial charge in [0.25, 0.3) is 5.91 Å². The lowest BCUT2D eigenvalue weighted by molar-refractivity contribution is 0.0430. The first-order valence-electron chi connectivity index (χ1n) is 11.2. The summed E-state index contributed by atoms with van der Waals surface area (Å²) in [7, 11) is 1.62. The molecule has 0 radical (unpaired) electrons. The summed E-state index contributed by atoms with van der Waals surface area (Å²) in [5.74, 6) is 2.34. The van der Waals surface area contributed by atoms with Crippen molar-refractivity contribution in [1.29, 1.82) is 0 Å². The number of piperazine rings is 1. The third kappa shape index (κ3) is 6.83. The minimum Gasteiger partial charge on any atom is -0.497 e. The van der Waals surface area contributed by atoms with Gasteiger partial charge in [-0.1, -0.05) is 0 Å². The van der Waals surface area contributed by atoms with Gasteiger partial charge in [0.05, 0.1) is 26.5 Å². The Labute approximate surface area is 198 Å². The monoisotopic (exact) mass is 470 g/mol. The standard InChI is InChI=1S/C24H30N4O6/c1-31-19-4-6-20(7-5-19)33-16-18(29)14-27-8-10-28(11-9-27)15-23-26-22(17-34-23)24(30)25-13-21-3-2-12-32-21/h2-7,12,17-18,29H,8-11,13-16H2,1H3,(H,25,30). The Morgan fingerprint density at radius 2 is 1.85 bits per heavy atom. The summed E-state index contributed by atoms with van der Waals surface area (Å²) in [4.78, 5) is 21.0. The van der Waals surface area contributed by atoms with Gasteiger partial charge >= 0.3 is 0 Å². The topological polar surface area (TPSA) is 113 Å². The Morgan fingerprint density at radius 3 is 2.56 bits per heavy atom. The molecule has 0 spiro atoms. The van der Waals surface area contributed by atoms with E-state index in [4.69, 9.17) is 18.3 Å². The van der Waals surface area contributed by atoms with E-state index < -0.39 is 6.10 Å². The van der Waals surface area contributed by atoms with Crippen LogP contribution in [0.2, 0.25) is 0 Å². The zero-order valence-corrected chi connectivity index (χ0v) is 19.2. The van der Waals surface area contributed by atoms with Crippen LogP contribution < -0.4 is 14.8 Å². The summed E-state index contributed by atoms with van der Waals surface area (Å²) in [6, 6.07) is 10.9. The van der Waals surface area contributed by atoms with Crippen molar-refractivity contribution in [1.82, 2.24) is 20.1 Å². The maximum atomic E-state index is 12.2. The summed E-state index contributed by atoms with van der Waals surface area (Å²) in [6.45, 7) is 4.86. The average molecular weight is 471 g/mol. The van der Waals surface area contributed by atoms with E-state index in [2.05, 4.69) is 20.1 Å². The summed E-state index contributed by atoms with van der Waals surface area (Å²) >= 11 is 0. The van der Waals surface area contributed by atoms with Gasteiger partial charge in [0, 0.05) is 32.7 Å². The predicted octanol–water partition coefficient (Wildman–Crippen LogP) is 1.76. The molecule has 182 valence electrons. The number of nitrogens with zero attached hydrogens (tertiary/aromatic N) is 3. The largest absolute Gasteiger partial charge is 0.497 e. The van der Waals surface area contributed by atoms with Crippen molar-refractivity contribution in [3.05, 3.63) is 66.3 Å². The highest BCUT2D eigenvalue weighted by atomic mass is 16.5. The van der Waals surface area contributed by atoms with Gasteiger partial charge in [-0.05, 0) is 36.4 Å². The first kappa shape index (κ1) is 23.8. The molecule has 1 aromatic carbocycles. The highest BCUT2D eigenvalue weighted by Crippen LogP contribution is 2.17. The van der Waals surface area contributed by atoms with Crippen LogP contribution in [0.1, 0.15) is 22.1 Å². The third-order valence-electron chi connectivity index (χ3n) is 5.58. The van der Waals surface area contributed by atoms with Crippen molar-refractivity contribution in [3.63, 3.8) is 0 Å². The molecule has 0 bridgehead atoms. The number of furan rings is 1. The molecule has 34 heavy (non-hydrogen) atoms. The normalized spacial score (nSPS) is 15.7. The van der Waals surface area contributed by atoms with E-state index in [1.165, 1.54) is 6.26 Å². The fourth-order valence-electron chi connectivity index (χ4n) is 3.70. The van der Waals surface area contributed by atoms with Crippen LogP contribution in [0.15, 0.2) is 57.8 Å². The molecule has 10 nitrogen and oxygen atoms in total. The first-order chi connectivity index (χ1) is 16.6. The molecule has 1 aliphatic rings. The number of hydrogen-bond acceptors (Lipinski definition) is 9. The second kappa shape index (κ2) is 11.7. The van der Waals surface area contributed by atoms with Crippen molar-refractivity contribution in [2.75, 3.05) is 46.4 Å². The number of β-amino-alcohol motifs (C(OH)–C–C–N with tert-alkyl or cyclic N) is 1. The molecule has 3 heterocycles. The van der Waals surface area contributed by atoms with E-state index in [1.807, 2.05) is 24.3 Å². The van der Waals surface area contributed by atoms with Crippen molar-refractivity contribution in [2.24, 2.45) is 0 Å². The van der Waals surface area contributed by atoms with Crippen LogP contribution in [-0.2, 0) is 13.1 Å². The molecule has 1 fully saturated rings. The van der Waals surface area contributed by atoms with Crippen LogP contribution >= 0.6 is 0 Å². The Kier molecular flexibility index (Phi) is 8.18. The molecule has 1 aliphatic heterocycles. The fourth-order valence-corrected chi connectivity index (χ4v) is 3.70. The molecule has 0 aliphatic carbocycles. The van der Waals surface area contributed by atoms with Crippen molar-refractivity contribution in [3.8, 4) is 11.5 Å². The van der Waals surface area contributed by atoms with Gasteiger partial charge in [0.2, 0.25) is 5.89 Å². The van der Waals surface area contributed by atoms with Crippen LogP contribution in [-0.4, -0.2) is 78.3 Å². The van der Waals surface area contributed by atoms with Gasteiger partial charge in [-0.15, -0.1) is 0 Å². The number of aromatic nitrogens is 1. The summed E-state index contributed by atoms with van der Waals surface area (Å²) in [6.07, 6.45) is 2.36. The van der Waals surface area contributed by atoms with E-state index in [0.29, 0.717) is 37.0 Å². The Morgan fingerprint density at radius 1 is 1.12 bits per heavy atom. The highest BCUT2D eigenvalue weighted by Gasteiger charge is 2.21. The van der Waals surface area contributed by atoms with Gasteiger partial charge in [-0.2, -0.15) is 0 Å². The van der Waals surface area contributed by atoms with E-state index in [-0.39, 0.29) is 18.2 Å².